The van der Waals surface area contributed by atoms with Crippen LogP contribution in [0.3, 0.4) is 0 Å². The zero-order valence-corrected chi connectivity index (χ0v) is 17.9. The Morgan fingerprint density at radius 1 is 0.654 bits per heavy atom. The molecule has 0 aromatic carbocycles. The average molecular weight is 375 g/mol. The molecule has 26 heavy (non-hydrogen) atoms. The molecule has 0 aromatic heterocycles. The zero-order chi connectivity index (χ0) is 19.7. The largest absolute Gasteiger partial charge is 0.330 e. The van der Waals surface area contributed by atoms with Crippen LogP contribution < -0.4 is 11.5 Å². The second kappa shape index (κ2) is 16.9. The van der Waals surface area contributed by atoms with Gasteiger partial charge in [0.25, 0.3) is 5.97 Å². The number of hydrogen-bond donors (Lipinski definition) is 2. The summed E-state index contributed by atoms with van der Waals surface area (Å²) in [6.45, 7) is 11.4. The van der Waals surface area contributed by atoms with E-state index < -0.39 is 5.97 Å². The van der Waals surface area contributed by atoms with Crippen molar-refractivity contribution in [2.75, 3.05) is 32.9 Å². The van der Waals surface area contributed by atoms with Gasteiger partial charge in [0.2, 0.25) is 0 Å². The summed E-state index contributed by atoms with van der Waals surface area (Å²) in [7, 11) is 0. The molecule has 0 heterocycles. The molecule has 0 fully saturated rings. The summed E-state index contributed by atoms with van der Waals surface area (Å²) in [5.74, 6) is 0.0351. The molecule has 4 N–H and O–H groups in total. The van der Waals surface area contributed by atoms with Gasteiger partial charge in [-0.2, -0.15) is 0 Å². The van der Waals surface area contributed by atoms with Gasteiger partial charge in [-0.15, -0.1) is 0 Å². The van der Waals surface area contributed by atoms with Crippen molar-refractivity contribution in [2.24, 2.45) is 23.3 Å². The van der Waals surface area contributed by atoms with E-state index in [2.05, 4.69) is 6.92 Å². The van der Waals surface area contributed by atoms with Gasteiger partial charge in [-0.3, -0.25) is 0 Å². The molecule has 0 bridgehead atoms. The minimum Gasteiger partial charge on any atom is -0.330 e. The molecule has 0 aliphatic carbocycles. The molecule has 0 radical (unpaired) electrons. The van der Waals surface area contributed by atoms with E-state index in [1.165, 1.54) is 32.1 Å². The SMILES string of the molecule is CCCC(CCCN)CCCCC(CCN)C(OCC)(OCC)OCC. The lowest BCUT2D eigenvalue weighted by Gasteiger charge is -2.39. The molecule has 0 rings (SSSR count). The minimum absolute atomic E-state index is 0.168. The van der Waals surface area contributed by atoms with Crippen LogP contribution in [0.15, 0.2) is 0 Å². The van der Waals surface area contributed by atoms with Gasteiger partial charge in [0.1, 0.15) is 0 Å². The van der Waals surface area contributed by atoms with E-state index in [0.717, 1.165) is 38.1 Å². The first-order chi connectivity index (χ1) is 12.6. The maximum Gasteiger partial charge on any atom is 0.285 e. The molecular weight excluding hydrogens is 328 g/mol. The highest BCUT2D eigenvalue weighted by atomic mass is 16.9. The van der Waals surface area contributed by atoms with Crippen LogP contribution in [0.2, 0.25) is 0 Å². The van der Waals surface area contributed by atoms with Crippen molar-refractivity contribution in [2.45, 2.75) is 91.5 Å². The lowest BCUT2D eigenvalue weighted by atomic mass is 9.89. The van der Waals surface area contributed by atoms with Crippen LogP contribution in [-0.4, -0.2) is 38.9 Å². The third-order valence-electron chi connectivity index (χ3n) is 4.98. The van der Waals surface area contributed by atoms with Crippen LogP contribution in [0, 0.1) is 11.8 Å². The maximum atomic E-state index is 5.98. The van der Waals surface area contributed by atoms with Crippen molar-refractivity contribution in [3.8, 4) is 0 Å². The maximum absolute atomic E-state index is 5.98. The van der Waals surface area contributed by atoms with Crippen molar-refractivity contribution in [1.29, 1.82) is 0 Å². The third kappa shape index (κ3) is 10.2. The van der Waals surface area contributed by atoms with E-state index in [-0.39, 0.29) is 5.92 Å². The molecule has 0 aliphatic heterocycles. The second-order valence-corrected chi connectivity index (χ2v) is 7.05. The second-order valence-electron chi connectivity index (χ2n) is 7.05. The standard InChI is InChI=1S/C21H46N2O3/c1-5-12-19(14-11-17-22)13-9-10-15-20(16-18-23)21(24-6-2,25-7-3)26-8-4/h19-20H,5-18,22-23H2,1-4H3. The first-order valence-corrected chi connectivity index (χ1v) is 11.0. The van der Waals surface area contributed by atoms with E-state index in [4.69, 9.17) is 25.7 Å². The molecular formula is C21H46N2O3. The highest BCUT2D eigenvalue weighted by Gasteiger charge is 2.41. The van der Waals surface area contributed by atoms with E-state index in [1.54, 1.807) is 0 Å². The highest BCUT2D eigenvalue weighted by Crippen LogP contribution is 2.33. The normalized spacial score (nSPS) is 14.5. The Labute approximate surface area is 162 Å². The number of unbranched alkanes of at least 4 members (excludes halogenated alkanes) is 1. The summed E-state index contributed by atoms with van der Waals surface area (Å²) in [6, 6.07) is 0. The predicted molar refractivity (Wildman–Crippen MR) is 110 cm³/mol. The van der Waals surface area contributed by atoms with Crippen molar-refractivity contribution in [1.82, 2.24) is 0 Å². The van der Waals surface area contributed by atoms with Gasteiger partial charge in [-0.1, -0.05) is 39.0 Å². The number of nitrogens with two attached hydrogens (primary N) is 2. The van der Waals surface area contributed by atoms with Crippen LogP contribution in [0.25, 0.3) is 0 Å². The fourth-order valence-electron chi connectivity index (χ4n) is 3.85. The molecule has 0 amide bonds. The number of rotatable bonds is 19. The van der Waals surface area contributed by atoms with E-state index in [9.17, 15) is 0 Å². The topological polar surface area (TPSA) is 79.7 Å². The highest BCUT2D eigenvalue weighted by molar-refractivity contribution is 4.73. The Hall–Kier alpha value is -0.200. The Morgan fingerprint density at radius 3 is 1.65 bits per heavy atom. The van der Waals surface area contributed by atoms with E-state index in [0.29, 0.717) is 26.4 Å². The summed E-state index contributed by atoms with van der Waals surface area (Å²) >= 11 is 0. The van der Waals surface area contributed by atoms with Gasteiger partial charge < -0.3 is 25.7 Å². The fraction of sp³-hybridized carbons (Fsp3) is 1.00. The summed E-state index contributed by atoms with van der Waals surface area (Å²) < 4.78 is 17.9. The molecule has 0 spiro atoms. The van der Waals surface area contributed by atoms with Gasteiger partial charge in [0, 0.05) is 25.7 Å². The monoisotopic (exact) mass is 374 g/mol. The molecule has 5 heteroatoms. The van der Waals surface area contributed by atoms with Crippen molar-refractivity contribution in [3.05, 3.63) is 0 Å². The Bertz CT molecular complexity index is 286. The van der Waals surface area contributed by atoms with Crippen LogP contribution in [-0.2, 0) is 14.2 Å². The predicted octanol–water partition coefficient (Wildman–Crippen LogP) is 4.43. The Balaban J connectivity index is 4.70. The Morgan fingerprint density at radius 2 is 1.19 bits per heavy atom. The molecule has 0 saturated heterocycles. The van der Waals surface area contributed by atoms with E-state index >= 15 is 0 Å². The molecule has 0 aromatic rings. The molecule has 2 unspecified atom stereocenters. The number of ether oxygens (including phenoxy) is 3. The van der Waals surface area contributed by atoms with Crippen LogP contribution >= 0.6 is 0 Å². The van der Waals surface area contributed by atoms with Crippen LogP contribution in [0.1, 0.15) is 85.5 Å². The average Bonchev–Trinajstić information content (AvgIpc) is 2.62. The lowest BCUT2D eigenvalue weighted by molar-refractivity contribution is -0.403. The molecule has 158 valence electrons. The minimum atomic E-state index is -0.944. The smallest absolute Gasteiger partial charge is 0.285 e. The van der Waals surface area contributed by atoms with Crippen LogP contribution in [0.5, 0.6) is 0 Å². The molecule has 0 aliphatic rings. The van der Waals surface area contributed by atoms with Gasteiger partial charge in [-0.25, -0.2) is 0 Å². The Kier molecular flexibility index (Phi) is 16.8. The zero-order valence-electron chi connectivity index (χ0n) is 17.9. The van der Waals surface area contributed by atoms with Crippen LogP contribution in [0.4, 0.5) is 0 Å². The summed E-state index contributed by atoms with van der Waals surface area (Å²) in [6.07, 6.45) is 10.5. The lowest BCUT2D eigenvalue weighted by Crippen LogP contribution is -2.47. The van der Waals surface area contributed by atoms with Gasteiger partial charge >= 0.3 is 0 Å². The quantitative estimate of drug-likeness (QED) is 0.258. The van der Waals surface area contributed by atoms with Gasteiger partial charge in [-0.05, 0) is 65.5 Å². The molecule has 0 saturated carbocycles. The van der Waals surface area contributed by atoms with Gasteiger partial charge in [0.05, 0.1) is 0 Å². The summed E-state index contributed by atoms with van der Waals surface area (Å²) in [4.78, 5) is 0. The van der Waals surface area contributed by atoms with Gasteiger partial charge in [0.15, 0.2) is 0 Å². The first-order valence-electron chi connectivity index (χ1n) is 11.0. The number of hydrogen-bond acceptors (Lipinski definition) is 5. The fourth-order valence-corrected chi connectivity index (χ4v) is 3.85. The first kappa shape index (κ1) is 25.8. The molecule has 2 atom stereocenters. The van der Waals surface area contributed by atoms with Crippen molar-refractivity contribution in [3.63, 3.8) is 0 Å². The van der Waals surface area contributed by atoms with E-state index in [1.807, 2.05) is 20.8 Å². The third-order valence-corrected chi connectivity index (χ3v) is 4.98. The summed E-state index contributed by atoms with van der Waals surface area (Å²) in [5, 5.41) is 0. The van der Waals surface area contributed by atoms with Crippen molar-refractivity contribution >= 4 is 0 Å². The molecule has 5 nitrogen and oxygen atoms in total. The summed E-state index contributed by atoms with van der Waals surface area (Å²) in [5.41, 5.74) is 11.6. The van der Waals surface area contributed by atoms with Crippen molar-refractivity contribution < 1.29 is 14.2 Å².